The Morgan fingerprint density at radius 2 is 1.86 bits per heavy atom. The van der Waals surface area contributed by atoms with Gasteiger partial charge >= 0.3 is 0 Å². The number of ether oxygens (including phenoxy) is 1. The van der Waals surface area contributed by atoms with E-state index in [9.17, 15) is 13.2 Å². The lowest BCUT2D eigenvalue weighted by Crippen LogP contribution is -2.18. The molecule has 0 aliphatic rings. The molecule has 0 fully saturated rings. The van der Waals surface area contributed by atoms with Crippen molar-refractivity contribution in [3.8, 4) is 5.75 Å². The minimum atomic E-state index is -3.46. The van der Waals surface area contributed by atoms with Crippen molar-refractivity contribution in [3.05, 3.63) is 59.7 Å². The Bertz CT molecular complexity index is 724. The molecule has 0 amide bonds. The fraction of sp³-hybridized carbons (Fsp3) is 0.133. The van der Waals surface area contributed by atoms with Gasteiger partial charge in [0.25, 0.3) is 0 Å². The molecule has 0 saturated heterocycles. The van der Waals surface area contributed by atoms with Gasteiger partial charge in [0.2, 0.25) is 10.0 Å². The molecule has 0 radical (unpaired) electrons. The van der Waals surface area contributed by atoms with Gasteiger partial charge in [0, 0.05) is 5.56 Å². The van der Waals surface area contributed by atoms with Crippen molar-refractivity contribution >= 4 is 16.3 Å². The molecule has 0 unspecified atom stereocenters. The van der Waals surface area contributed by atoms with E-state index in [2.05, 4.69) is 4.72 Å². The molecule has 0 spiro atoms. The van der Waals surface area contributed by atoms with Crippen LogP contribution in [0.2, 0.25) is 0 Å². The number of carbonyl (C=O) groups is 1. The number of carbonyl (C=O) groups excluding carboxylic acids is 1. The molecule has 1 N–H and O–H groups in total. The molecular weight excluding hydrogens is 290 g/mol. The number of aldehydes is 1. The third kappa shape index (κ3) is 3.90. The fourth-order valence-corrected chi connectivity index (χ4v) is 2.53. The van der Waals surface area contributed by atoms with Crippen LogP contribution in [0.5, 0.6) is 5.75 Å². The van der Waals surface area contributed by atoms with Crippen molar-refractivity contribution in [1.82, 2.24) is 4.72 Å². The molecule has 0 aromatic heterocycles. The van der Waals surface area contributed by atoms with Crippen molar-refractivity contribution in [2.45, 2.75) is 11.5 Å². The second-order valence-electron chi connectivity index (χ2n) is 4.33. The van der Waals surface area contributed by atoms with E-state index < -0.39 is 10.0 Å². The zero-order valence-electron chi connectivity index (χ0n) is 11.4. The van der Waals surface area contributed by atoms with Crippen LogP contribution in [0.15, 0.2) is 53.4 Å². The predicted octanol–water partition coefficient (Wildman–Crippen LogP) is 1.99. The molecule has 0 heterocycles. The zero-order chi connectivity index (χ0) is 15.3. The van der Waals surface area contributed by atoms with Gasteiger partial charge in [-0.25, -0.2) is 13.1 Å². The fourth-order valence-electron chi connectivity index (χ4n) is 1.73. The first-order valence-corrected chi connectivity index (χ1v) is 7.74. The number of sulfonamides is 1. The molecule has 5 nitrogen and oxygen atoms in total. The van der Waals surface area contributed by atoms with E-state index >= 15 is 0 Å². The van der Waals surface area contributed by atoms with Gasteiger partial charge in [-0.2, -0.15) is 0 Å². The number of benzene rings is 2. The highest BCUT2D eigenvalue weighted by atomic mass is 32.2. The average Bonchev–Trinajstić information content (AvgIpc) is 2.53. The first-order valence-electron chi connectivity index (χ1n) is 6.26. The van der Waals surface area contributed by atoms with E-state index in [0.717, 1.165) is 11.8 Å². The standard InChI is InChI=1S/C15H15NO4S/c1-16-21(18,19)15-4-2-3-13(9-15)11-20-14-7-5-12(10-17)6-8-14/h2-10,16H,11H2,1H3. The van der Waals surface area contributed by atoms with Gasteiger partial charge in [-0.1, -0.05) is 12.1 Å². The van der Waals surface area contributed by atoms with Gasteiger partial charge in [0.15, 0.2) is 0 Å². The minimum Gasteiger partial charge on any atom is -0.489 e. The van der Waals surface area contributed by atoms with Crippen LogP contribution < -0.4 is 9.46 Å². The SMILES string of the molecule is CNS(=O)(=O)c1cccc(COc2ccc(C=O)cc2)c1. The number of hydrogen-bond acceptors (Lipinski definition) is 4. The molecule has 2 aromatic rings. The lowest BCUT2D eigenvalue weighted by Gasteiger charge is -2.08. The van der Waals surface area contributed by atoms with E-state index in [0.29, 0.717) is 11.3 Å². The molecule has 0 saturated carbocycles. The topological polar surface area (TPSA) is 72.5 Å². The van der Waals surface area contributed by atoms with Gasteiger partial charge in [-0.3, -0.25) is 4.79 Å². The van der Waals surface area contributed by atoms with Crippen molar-refractivity contribution in [2.75, 3.05) is 7.05 Å². The monoisotopic (exact) mass is 305 g/mol. The summed E-state index contributed by atoms with van der Waals surface area (Å²) in [5.41, 5.74) is 1.32. The summed E-state index contributed by atoms with van der Waals surface area (Å²) in [5, 5.41) is 0. The van der Waals surface area contributed by atoms with Crippen molar-refractivity contribution < 1.29 is 17.9 Å². The summed E-state index contributed by atoms with van der Waals surface area (Å²) in [6.07, 6.45) is 0.760. The van der Waals surface area contributed by atoms with Crippen LogP contribution in [0, 0.1) is 0 Å². The number of rotatable bonds is 6. The maximum atomic E-state index is 11.7. The summed E-state index contributed by atoms with van der Waals surface area (Å²) in [4.78, 5) is 10.8. The molecular formula is C15H15NO4S. The van der Waals surface area contributed by atoms with Gasteiger partial charge in [0.1, 0.15) is 18.6 Å². The van der Waals surface area contributed by atoms with Crippen LogP contribution >= 0.6 is 0 Å². The van der Waals surface area contributed by atoms with Crippen molar-refractivity contribution in [2.24, 2.45) is 0 Å². The highest BCUT2D eigenvalue weighted by Crippen LogP contribution is 2.16. The van der Waals surface area contributed by atoms with Crippen molar-refractivity contribution in [1.29, 1.82) is 0 Å². The highest BCUT2D eigenvalue weighted by Gasteiger charge is 2.11. The predicted molar refractivity (Wildman–Crippen MR) is 78.8 cm³/mol. The smallest absolute Gasteiger partial charge is 0.240 e. The van der Waals surface area contributed by atoms with Crippen molar-refractivity contribution in [3.63, 3.8) is 0 Å². The molecule has 0 aliphatic carbocycles. The maximum Gasteiger partial charge on any atom is 0.240 e. The Kier molecular flexibility index (Phi) is 4.72. The second-order valence-corrected chi connectivity index (χ2v) is 6.22. The van der Waals surface area contributed by atoms with Gasteiger partial charge in [-0.15, -0.1) is 0 Å². The number of hydrogen-bond donors (Lipinski definition) is 1. The Morgan fingerprint density at radius 3 is 2.48 bits per heavy atom. The Balaban J connectivity index is 2.09. The molecule has 0 atom stereocenters. The largest absolute Gasteiger partial charge is 0.489 e. The molecule has 2 aromatic carbocycles. The summed E-state index contributed by atoms with van der Waals surface area (Å²) in [5.74, 6) is 0.613. The van der Waals surface area contributed by atoms with Gasteiger partial charge in [-0.05, 0) is 49.0 Å². The first kappa shape index (κ1) is 15.2. The third-order valence-electron chi connectivity index (χ3n) is 2.90. The van der Waals surface area contributed by atoms with E-state index in [1.54, 1.807) is 42.5 Å². The Morgan fingerprint density at radius 1 is 1.14 bits per heavy atom. The van der Waals surface area contributed by atoms with Crippen LogP contribution in [-0.4, -0.2) is 21.8 Å². The quantitative estimate of drug-likeness (QED) is 0.828. The van der Waals surface area contributed by atoms with Gasteiger partial charge < -0.3 is 4.74 Å². The summed E-state index contributed by atoms with van der Waals surface area (Å²) < 4.78 is 31.3. The third-order valence-corrected chi connectivity index (χ3v) is 4.31. The normalized spacial score (nSPS) is 11.1. The van der Waals surface area contributed by atoms with Crippen LogP contribution in [-0.2, 0) is 16.6 Å². The maximum absolute atomic E-state index is 11.7. The molecule has 0 bridgehead atoms. The second kappa shape index (κ2) is 6.51. The lowest BCUT2D eigenvalue weighted by atomic mass is 10.2. The van der Waals surface area contributed by atoms with Crippen LogP contribution in [0.1, 0.15) is 15.9 Å². The van der Waals surface area contributed by atoms with Gasteiger partial charge in [0.05, 0.1) is 4.90 Å². The number of nitrogens with one attached hydrogen (secondary N) is 1. The zero-order valence-corrected chi connectivity index (χ0v) is 12.3. The molecule has 6 heteroatoms. The summed E-state index contributed by atoms with van der Waals surface area (Å²) >= 11 is 0. The molecule has 110 valence electrons. The molecule has 21 heavy (non-hydrogen) atoms. The van der Waals surface area contributed by atoms with Crippen LogP contribution in [0.25, 0.3) is 0 Å². The average molecular weight is 305 g/mol. The van der Waals surface area contributed by atoms with E-state index in [4.69, 9.17) is 4.74 Å². The minimum absolute atomic E-state index is 0.197. The van der Waals surface area contributed by atoms with E-state index in [1.807, 2.05) is 0 Å². The summed E-state index contributed by atoms with van der Waals surface area (Å²) in [6.45, 7) is 0.244. The Hall–Kier alpha value is -2.18. The lowest BCUT2D eigenvalue weighted by molar-refractivity contribution is 0.112. The Labute approximate surface area is 123 Å². The first-order chi connectivity index (χ1) is 10.0. The van der Waals surface area contributed by atoms with E-state index in [-0.39, 0.29) is 11.5 Å². The van der Waals surface area contributed by atoms with Crippen LogP contribution in [0.4, 0.5) is 0 Å². The highest BCUT2D eigenvalue weighted by molar-refractivity contribution is 7.89. The molecule has 2 rings (SSSR count). The molecule has 0 aliphatic heterocycles. The van der Waals surface area contributed by atoms with E-state index in [1.165, 1.54) is 13.1 Å². The van der Waals surface area contributed by atoms with Crippen LogP contribution in [0.3, 0.4) is 0 Å². The summed E-state index contributed by atoms with van der Waals surface area (Å²) in [6, 6.07) is 13.2. The summed E-state index contributed by atoms with van der Waals surface area (Å²) in [7, 11) is -2.09.